The highest BCUT2D eigenvalue weighted by Crippen LogP contribution is 2.24. The lowest BCUT2D eigenvalue weighted by atomic mass is 9.93. The molecule has 24 heavy (non-hydrogen) atoms. The molecule has 1 saturated carbocycles. The summed E-state index contributed by atoms with van der Waals surface area (Å²) in [6, 6.07) is 3.20. The summed E-state index contributed by atoms with van der Waals surface area (Å²) in [5, 5.41) is 12.2. The molecule has 1 amide bonds. The van der Waals surface area contributed by atoms with Crippen molar-refractivity contribution in [1.29, 1.82) is 5.26 Å². The van der Waals surface area contributed by atoms with Crippen LogP contribution in [0.5, 0.6) is 5.88 Å². The molecular formula is C17H20ClN3O3. The van der Waals surface area contributed by atoms with Crippen molar-refractivity contribution < 1.29 is 14.3 Å². The van der Waals surface area contributed by atoms with Gasteiger partial charge in [-0.1, -0.05) is 30.9 Å². The molecule has 1 unspecified atom stereocenters. The molecule has 0 saturated heterocycles. The van der Waals surface area contributed by atoms with Crippen molar-refractivity contribution in [3.63, 3.8) is 0 Å². The zero-order valence-electron chi connectivity index (χ0n) is 13.5. The number of carbonyl (C=O) groups is 2. The predicted molar refractivity (Wildman–Crippen MR) is 88.9 cm³/mol. The summed E-state index contributed by atoms with van der Waals surface area (Å²) in [5.41, 5.74) is 0.119. The maximum atomic E-state index is 12.5. The molecule has 1 fully saturated rings. The lowest BCUT2D eigenvalue weighted by molar-refractivity contribution is -0.123. The molecule has 2 rings (SSSR count). The lowest BCUT2D eigenvalue weighted by Gasteiger charge is -2.23. The van der Waals surface area contributed by atoms with Crippen molar-refractivity contribution in [2.45, 2.75) is 45.1 Å². The predicted octanol–water partition coefficient (Wildman–Crippen LogP) is 2.91. The number of nitrogens with one attached hydrogen (secondary N) is 1. The maximum Gasteiger partial charge on any atom is 0.245 e. The van der Waals surface area contributed by atoms with Crippen molar-refractivity contribution in [2.75, 3.05) is 6.61 Å². The number of halogens is 1. The number of ether oxygens (including phenoxy) is 1. The van der Waals surface area contributed by atoms with E-state index >= 15 is 0 Å². The molecule has 0 aliphatic heterocycles. The molecule has 1 aliphatic rings. The first kappa shape index (κ1) is 18.2. The first-order valence-corrected chi connectivity index (χ1v) is 8.47. The van der Waals surface area contributed by atoms with Crippen LogP contribution in [0, 0.1) is 17.2 Å². The van der Waals surface area contributed by atoms with Gasteiger partial charge in [0.05, 0.1) is 12.7 Å². The van der Waals surface area contributed by atoms with E-state index in [9.17, 15) is 14.9 Å². The van der Waals surface area contributed by atoms with Crippen LogP contribution in [0.25, 0.3) is 0 Å². The third-order valence-electron chi connectivity index (χ3n) is 3.98. The van der Waals surface area contributed by atoms with Gasteiger partial charge in [-0.05, 0) is 25.8 Å². The number of hydrogen-bond donors (Lipinski definition) is 1. The van der Waals surface area contributed by atoms with Gasteiger partial charge in [-0.15, -0.1) is 0 Å². The van der Waals surface area contributed by atoms with Gasteiger partial charge >= 0.3 is 0 Å². The number of pyridine rings is 1. The summed E-state index contributed by atoms with van der Waals surface area (Å²) in [7, 11) is 0. The second-order valence-electron chi connectivity index (χ2n) is 5.71. The minimum Gasteiger partial charge on any atom is -0.477 e. The molecule has 0 spiro atoms. The Balaban J connectivity index is 2.09. The number of amides is 1. The largest absolute Gasteiger partial charge is 0.477 e. The fourth-order valence-corrected chi connectivity index (χ4v) is 2.96. The van der Waals surface area contributed by atoms with E-state index in [1.165, 1.54) is 12.3 Å². The van der Waals surface area contributed by atoms with Gasteiger partial charge in [0, 0.05) is 17.8 Å². The minimum absolute atomic E-state index is 0.0388. The number of hydrogen-bond acceptors (Lipinski definition) is 5. The third-order valence-corrected chi connectivity index (χ3v) is 4.25. The van der Waals surface area contributed by atoms with Gasteiger partial charge in [0.2, 0.25) is 11.8 Å². The summed E-state index contributed by atoms with van der Waals surface area (Å²) in [4.78, 5) is 28.7. The molecule has 0 aromatic carbocycles. The Hall–Kier alpha value is -2.13. The second kappa shape index (κ2) is 8.65. The van der Waals surface area contributed by atoms with E-state index in [-0.39, 0.29) is 22.5 Å². The van der Waals surface area contributed by atoms with Gasteiger partial charge in [0.15, 0.2) is 11.7 Å². The van der Waals surface area contributed by atoms with Crippen LogP contribution < -0.4 is 10.1 Å². The molecule has 1 aromatic heterocycles. The van der Waals surface area contributed by atoms with Crippen LogP contribution in [0.4, 0.5) is 0 Å². The quantitative estimate of drug-likeness (QED) is 0.629. The number of aromatic nitrogens is 1. The van der Waals surface area contributed by atoms with Gasteiger partial charge in [-0.25, -0.2) is 4.98 Å². The highest BCUT2D eigenvalue weighted by atomic mass is 35.5. The Labute approximate surface area is 146 Å². The monoisotopic (exact) mass is 349 g/mol. The van der Waals surface area contributed by atoms with Crippen molar-refractivity contribution >= 4 is 23.3 Å². The zero-order chi connectivity index (χ0) is 17.5. The fourth-order valence-electron chi connectivity index (χ4n) is 2.74. The summed E-state index contributed by atoms with van der Waals surface area (Å²) in [6.07, 6.45) is 6.30. The molecule has 128 valence electrons. The average Bonchev–Trinajstić information content (AvgIpc) is 2.58. The van der Waals surface area contributed by atoms with E-state index in [1.54, 1.807) is 13.0 Å². The van der Waals surface area contributed by atoms with Crippen molar-refractivity contribution in [2.24, 2.45) is 5.92 Å². The Morgan fingerprint density at radius 2 is 2.17 bits per heavy atom. The molecule has 6 nitrogen and oxygen atoms in total. The molecular weight excluding hydrogens is 330 g/mol. The van der Waals surface area contributed by atoms with Crippen LogP contribution in [-0.4, -0.2) is 29.3 Å². The van der Waals surface area contributed by atoms with E-state index < -0.39 is 17.6 Å². The first-order chi connectivity index (χ1) is 11.6. The standard InChI is InChI=1S/C17H20ClN3O3/c1-2-24-17-14(18)8-11(10-20-17)15(22)13(9-19)16(23)21-12-6-4-3-5-7-12/h8,10,12-13H,2-7H2,1H3,(H,21,23). The van der Waals surface area contributed by atoms with Gasteiger partial charge in [-0.2, -0.15) is 5.26 Å². The number of ketones is 1. The highest BCUT2D eigenvalue weighted by molar-refractivity contribution is 6.32. The van der Waals surface area contributed by atoms with Crippen molar-refractivity contribution in [3.05, 3.63) is 22.8 Å². The van der Waals surface area contributed by atoms with Crippen molar-refractivity contribution in [3.8, 4) is 11.9 Å². The molecule has 1 atom stereocenters. The van der Waals surface area contributed by atoms with Crippen LogP contribution in [0.15, 0.2) is 12.3 Å². The second-order valence-corrected chi connectivity index (χ2v) is 6.12. The van der Waals surface area contributed by atoms with Gasteiger partial charge in [0.25, 0.3) is 0 Å². The van der Waals surface area contributed by atoms with Crippen LogP contribution in [-0.2, 0) is 4.79 Å². The number of carbonyl (C=O) groups excluding carboxylic acids is 2. The summed E-state index contributed by atoms with van der Waals surface area (Å²) in [6.45, 7) is 2.18. The summed E-state index contributed by atoms with van der Waals surface area (Å²) < 4.78 is 5.21. The van der Waals surface area contributed by atoms with Crippen LogP contribution in [0.2, 0.25) is 5.02 Å². The van der Waals surface area contributed by atoms with E-state index in [0.29, 0.717) is 6.61 Å². The van der Waals surface area contributed by atoms with E-state index in [1.807, 2.05) is 0 Å². The molecule has 1 heterocycles. The minimum atomic E-state index is -1.40. The summed E-state index contributed by atoms with van der Waals surface area (Å²) >= 11 is 6.01. The van der Waals surface area contributed by atoms with Crippen LogP contribution >= 0.6 is 11.6 Å². The summed E-state index contributed by atoms with van der Waals surface area (Å²) in [5.74, 6) is -2.35. The molecule has 1 N–H and O–H groups in total. The van der Waals surface area contributed by atoms with E-state index in [2.05, 4.69) is 10.3 Å². The lowest BCUT2D eigenvalue weighted by Crippen LogP contribution is -2.42. The highest BCUT2D eigenvalue weighted by Gasteiger charge is 2.30. The van der Waals surface area contributed by atoms with Crippen molar-refractivity contribution in [1.82, 2.24) is 10.3 Å². The SMILES string of the molecule is CCOc1ncc(C(=O)C(C#N)C(=O)NC2CCCCC2)cc1Cl. The Kier molecular flexibility index (Phi) is 6.56. The van der Waals surface area contributed by atoms with E-state index in [0.717, 1.165) is 32.1 Å². The first-order valence-electron chi connectivity index (χ1n) is 8.09. The topological polar surface area (TPSA) is 92.1 Å². The normalized spacial score (nSPS) is 16.0. The molecule has 7 heteroatoms. The van der Waals surface area contributed by atoms with Gasteiger partial charge in [-0.3, -0.25) is 9.59 Å². The Morgan fingerprint density at radius 3 is 2.75 bits per heavy atom. The number of nitrogens with zero attached hydrogens (tertiary/aromatic N) is 2. The maximum absolute atomic E-state index is 12.5. The number of nitriles is 1. The van der Waals surface area contributed by atoms with Gasteiger partial charge in [0.1, 0.15) is 5.02 Å². The Bertz CT molecular complexity index is 651. The number of rotatable bonds is 6. The van der Waals surface area contributed by atoms with Gasteiger partial charge < -0.3 is 10.1 Å². The van der Waals surface area contributed by atoms with Crippen LogP contribution in [0.3, 0.4) is 0 Å². The molecule has 1 aliphatic carbocycles. The molecule has 0 radical (unpaired) electrons. The number of Topliss-reactive ketones (excluding diaryl/α,β-unsaturated/α-hetero) is 1. The van der Waals surface area contributed by atoms with Crippen LogP contribution in [0.1, 0.15) is 49.4 Å². The zero-order valence-corrected chi connectivity index (χ0v) is 14.3. The smallest absolute Gasteiger partial charge is 0.245 e. The van der Waals surface area contributed by atoms with E-state index in [4.69, 9.17) is 16.3 Å². The third kappa shape index (κ3) is 4.45. The molecule has 1 aromatic rings. The molecule has 0 bridgehead atoms. The fraction of sp³-hybridized carbons (Fsp3) is 0.529. The Morgan fingerprint density at radius 1 is 1.46 bits per heavy atom. The average molecular weight is 350 g/mol.